The normalized spacial score (nSPS) is 17.7. The van der Waals surface area contributed by atoms with E-state index in [4.69, 9.17) is 9.47 Å². The fourth-order valence-corrected chi connectivity index (χ4v) is 7.06. The number of carbonyl (C=O) groups is 2. The minimum Gasteiger partial charge on any atom is -0.465 e. The van der Waals surface area contributed by atoms with Gasteiger partial charge in [-0.3, -0.25) is 4.90 Å². The molecule has 1 aliphatic heterocycles. The van der Waals surface area contributed by atoms with Crippen LogP contribution in [0.1, 0.15) is 74.6 Å². The molecule has 0 fully saturated rings. The molecule has 1 aromatic carbocycles. The highest BCUT2D eigenvalue weighted by atomic mass is 28.3. The predicted molar refractivity (Wildman–Crippen MR) is 121 cm³/mol. The molecular weight excluding hydrogens is 398 g/mol. The van der Waals surface area contributed by atoms with Gasteiger partial charge in [0.25, 0.3) is 0 Å². The third-order valence-electron chi connectivity index (χ3n) is 5.67. The van der Waals surface area contributed by atoms with E-state index in [0.29, 0.717) is 6.54 Å². The van der Waals surface area contributed by atoms with E-state index in [1.165, 1.54) is 10.1 Å². The van der Waals surface area contributed by atoms with Crippen LogP contribution in [0.4, 0.5) is 4.79 Å². The molecule has 1 N–H and O–H groups in total. The van der Waals surface area contributed by atoms with Gasteiger partial charge < -0.3 is 14.6 Å². The molecule has 6 nitrogen and oxygen atoms in total. The number of fused-ring (bicyclic) bond motifs is 1. The first-order chi connectivity index (χ1) is 13.6. The van der Waals surface area contributed by atoms with E-state index < -0.39 is 31.8 Å². The molecule has 0 saturated carbocycles. The molecule has 1 aromatic rings. The molecule has 0 bridgehead atoms. The van der Waals surface area contributed by atoms with Crippen molar-refractivity contribution >= 4 is 25.3 Å². The Labute approximate surface area is 181 Å². The minimum atomic E-state index is -1.94. The molecule has 30 heavy (non-hydrogen) atoms. The molecule has 1 amide bonds. The van der Waals surface area contributed by atoms with Crippen LogP contribution in [-0.4, -0.2) is 42.4 Å². The lowest BCUT2D eigenvalue weighted by molar-refractivity contribution is -0.166. The first kappa shape index (κ1) is 24.4. The van der Waals surface area contributed by atoms with Gasteiger partial charge in [-0.15, -0.1) is 0 Å². The number of esters is 1. The summed E-state index contributed by atoms with van der Waals surface area (Å²) in [6, 6.07) is -0.218. The van der Waals surface area contributed by atoms with Gasteiger partial charge in [0.2, 0.25) is 0 Å². The molecule has 1 heterocycles. The monoisotopic (exact) mass is 435 g/mol. The first-order valence-corrected chi connectivity index (χ1v) is 14.1. The van der Waals surface area contributed by atoms with Crippen molar-refractivity contribution in [1.29, 1.82) is 0 Å². The third kappa shape index (κ3) is 4.57. The number of carboxylic acid groups (broad SMARTS) is 1. The Morgan fingerprint density at radius 1 is 1.20 bits per heavy atom. The molecule has 1 unspecified atom stereocenters. The summed E-state index contributed by atoms with van der Waals surface area (Å²) >= 11 is 0. The Hall–Kier alpha value is -1.86. The Balaban J connectivity index is 2.87. The number of rotatable bonds is 5. The van der Waals surface area contributed by atoms with Crippen LogP contribution in [0.25, 0.3) is 0 Å². The Kier molecular flexibility index (Phi) is 6.79. The molecule has 168 valence electrons. The van der Waals surface area contributed by atoms with Gasteiger partial charge in [-0.05, 0) is 76.3 Å². The van der Waals surface area contributed by atoms with E-state index in [9.17, 15) is 14.7 Å². The standard InChI is InChI=1S/C23H37NO5Si/c1-11-28-21(25)19(29-23(5,6)7)18-13(2)16-12-24(22(26)27)15(4)17(16)14(3)20(18)30(8,9)10/h15,19H,11-12H2,1-10H3,(H,26,27)/t15?,19-/m0/s1. The van der Waals surface area contributed by atoms with Gasteiger partial charge in [0.05, 0.1) is 32.9 Å². The lowest BCUT2D eigenvalue weighted by Gasteiger charge is -2.34. The minimum absolute atomic E-state index is 0.218. The second-order valence-electron chi connectivity index (χ2n) is 10.1. The second-order valence-corrected chi connectivity index (χ2v) is 15.1. The number of nitrogens with zero attached hydrogens (tertiary/aromatic N) is 1. The molecule has 2 atom stereocenters. The molecule has 0 saturated heterocycles. The summed E-state index contributed by atoms with van der Waals surface area (Å²) in [5.74, 6) is -0.393. The maximum atomic E-state index is 13.1. The van der Waals surface area contributed by atoms with Gasteiger partial charge in [-0.25, -0.2) is 9.59 Å². The fraction of sp³-hybridized carbons (Fsp3) is 0.652. The lowest BCUT2D eigenvalue weighted by Crippen LogP contribution is -2.46. The number of carbonyl (C=O) groups excluding carboxylic acids is 1. The summed E-state index contributed by atoms with van der Waals surface area (Å²) in [7, 11) is -1.94. The van der Waals surface area contributed by atoms with E-state index in [2.05, 4.69) is 26.6 Å². The van der Waals surface area contributed by atoms with E-state index in [1.807, 2.05) is 34.6 Å². The van der Waals surface area contributed by atoms with Crippen LogP contribution in [0, 0.1) is 13.8 Å². The van der Waals surface area contributed by atoms with Crippen molar-refractivity contribution in [2.75, 3.05) is 6.61 Å². The largest absolute Gasteiger partial charge is 0.465 e. The van der Waals surface area contributed by atoms with Gasteiger partial charge in [-0.1, -0.05) is 24.8 Å². The zero-order valence-electron chi connectivity index (χ0n) is 20.1. The van der Waals surface area contributed by atoms with Crippen molar-refractivity contribution in [3.05, 3.63) is 27.8 Å². The molecule has 0 spiro atoms. The molecule has 7 heteroatoms. The predicted octanol–water partition coefficient (Wildman–Crippen LogP) is 4.82. The van der Waals surface area contributed by atoms with Crippen molar-refractivity contribution in [3.8, 4) is 0 Å². The molecule has 0 radical (unpaired) electrons. The number of amides is 1. The van der Waals surface area contributed by atoms with Gasteiger partial charge >= 0.3 is 12.1 Å². The number of ether oxygens (including phenoxy) is 2. The highest BCUT2D eigenvalue weighted by molar-refractivity contribution is 6.89. The maximum Gasteiger partial charge on any atom is 0.408 e. The Morgan fingerprint density at radius 3 is 2.20 bits per heavy atom. The van der Waals surface area contributed by atoms with E-state index in [-0.39, 0.29) is 12.6 Å². The summed E-state index contributed by atoms with van der Waals surface area (Å²) in [5.41, 5.74) is 4.44. The van der Waals surface area contributed by atoms with Crippen molar-refractivity contribution in [3.63, 3.8) is 0 Å². The van der Waals surface area contributed by atoms with Crippen molar-refractivity contribution in [2.45, 2.75) is 92.4 Å². The first-order valence-electron chi connectivity index (χ1n) is 10.6. The average molecular weight is 436 g/mol. The SMILES string of the molecule is CCOC(=O)[C@@H](OC(C)(C)C)c1c(C)c2c(c(C)c1[Si](C)(C)C)C(C)N(C(=O)O)C2. The highest BCUT2D eigenvalue weighted by Gasteiger charge is 2.41. The van der Waals surface area contributed by atoms with Crippen LogP contribution in [-0.2, 0) is 20.8 Å². The lowest BCUT2D eigenvalue weighted by atomic mass is 9.89. The van der Waals surface area contributed by atoms with E-state index in [1.54, 1.807) is 6.92 Å². The highest BCUT2D eigenvalue weighted by Crippen LogP contribution is 2.41. The van der Waals surface area contributed by atoms with Gasteiger partial charge in [0, 0.05) is 0 Å². The summed E-state index contributed by atoms with van der Waals surface area (Å²) in [6.45, 7) is 20.9. The molecule has 0 aromatic heterocycles. The second kappa shape index (κ2) is 8.34. The number of hydrogen-bond donors (Lipinski definition) is 1. The van der Waals surface area contributed by atoms with Crippen LogP contribution in [0.15, 0.2) is 0 Å². The van der Waals surface area contributed by atoms with Crippen LogP contribution in [0.3, 0.4) is 0 Å². The van der Waals surface area contributed by atoms with E-state index >= 15 is 0 Å². The maximum absolute atomic E-state index is 13.1. The quantitative estimate of drug-likeness (QED) is 0.530. The number of hydrogen-bond acceptors (Lipinski definition) is 4. The van der Waals surface area contributed by atoms with Crippen LogP contribution >= 0.6 is 0 Å². The van der Waals surface area contributed by atoms with Crippen molar-refractivity contribution in [1.82, 2.24) is 4.90 Å². The Morgan fingerprint density at radius 2 is 1.77 bits per heavy atom. The summed E-state index contributed by atoms with van der Waals surface area (Å²) in [4.78, 5) is 26.4. The van der Waals surface area contributed by atoms with Crippen LogP contribution in [0.5, 0.6) is 0 Å². The fourth-order valence-electron chi connectivity index (χ4n) is 4.67. The molecule has 0 aliphatic carbocycles. The van der Waals surface area contributed by atoms with Gasteiger partial charge in [0.15, 0.2) is 6.10 Å². The zero-order chi connectivity index (χ0) is 23.2. The summed E-state index contributed by atoms with van der Waals surface area (Å²) < 4.78 is 11.7. The smallest absolute Gasteiger partial charge is 0.408 e. The van der Waals surface area contributed by atoms with E-state index in [0.717, 1.165) is 27.8 Å². The third-order valence-corrected chi connectivity index (χ3v) is 7.82. The van der Waals surface area contributed by atoms with Crippen LogP contribution in [0.2, 0.25) is 19.6 Å². The van der Waals surface area contributed by atoms with Crippen molar-refractivity contribution in [2.24, 2.45) is 0 Å². The van der Waals surface area contributed by atoms with Gasteiger partial charge in [-0.2, -0.15) is 0 Å². The summed E-state index contributed by atoms with van der Waals surface area (Å²) in [6.07, 6.45) is -1.77. The summed E-state index contributed by atoms with van der Waals surface area (Å²) in [5, 5.41) is 10.9. The topological polar surface area (TPSA) is 76.1 Å². The molecule has 2 rings (SSSR count). The van der Waals surface area contributed by atoms with Crippen LogP contribution < -0.4 is 5.19 Å². The zero-order valence-corrected chi connectivity index (χ0v) is 21.1. The van der Waals surface area contributed by atoms with Gasteiger partial charge in [0.1, 0.15) is 0 Å². The Bertz CT molecular complexity index is 851. The molecule has 1 aliphatic rings. The average Bonchev–Trinajstić information content (AvgIpc) is 2.92. The molecular formula is C23H37NO5Si. The van der Waals surface area contributed by atoms with Crippen molar-refractivity contribution < 1.29 is 24.2 Å². The number of benzene rings is 1.